The maximum Gasteiger partial charge on any atom is 0.254 e. The summed E-state index contributed by atoms with van der Waals surface area (Å²) >= 11 is 0. The first-order chi connectivity index (χ1) is 15.6. The number of benzene rings is 2. The Labute approximate surface area is 191 Å². The fourth-order valence-corrected chi connectivity index (χ4v) is 5.47. The molecule has 1 aliphatic carbocycles. The van der Waals surface area contributed by atoms with E-state index in [0.29, 0.717) is 18.7 Å². The molecule has 0 aromatic heterocycles. The van der Waals surface area contributed by atoms with Gasteiger partial charge in [0.25, 0.3) is 5.91 Å². The van der Waals surface area contributed by atoms with Crippen LogP contribution in [0.1, 0.15) is 79.4 Å². The van der Waals surface area contributed by atoms with Crippen molar-refractivity contribution in [2.24, 2.45) is 0 Å². The van der Waals surface area contributed by atoms with E-state index in [1.54, 1.807) is 7.11 Å². The molecule has 5 nitrogen and oxygen atoms in total. The maximum absolute atomic E-state index is 13.9. The molecule has 2 aliphatic rings. The van der Waals surface area contributed by atoms with Gasteiger partial charge in [0.2, 0.25) is 5.91 Å². The minimum atomic E-state index is -0.417. The van der Waals surface area contributed by atoms with Gasteiger partial charge in [-0.2, -0.15) is 0 Å². The molecule has 0 saturated heterocycles. The number of hydrogen-bond acceptors (Lipinski definition) is 3. The van der Waals surface area contributed by atoms with Crippen molar-refractivity contribution in [2.75, 3.05) is 20.2 Å². The third kappa shape index (κ3) is 4.01. The van der Waals surface area contributed by atoms with Crippen molar-refractivity contribution in [1.29, 1.82) is 0 Å². The van der Waals surface area contributed by atoms with E-state index in [1.165, 1.54) is 6.42 Å². The van der Waals surface area contributed by atoms with E-state index < -0.39 is 5.92 Å². The van der Waals surface area contributed by atoms with Crippen LogP contribution in [0.4, 0.5) is 0 Å². The minimum absolute atomic E-state index is 0.0527. The van der Waals surface area contributed by atoms with E-state index >= 15 is 0 Å². The van der Waals surface area contributed by atoms with E-state index in [4.69, 9.17) is 4.74 Å². The zero-order chi connectivity index (χ0) is 22.7. The second-order valence-corrected chi connectivity index (χ2v) is 8.80. The largest absolute Gasteiger partial charge is 0.497 e. The van der Waals surface area contributed by atoms with Gasteiger partial charge in [0.1, 0.15) is 5.75 Å². The highest BCUT2D eigenvalue weighted by atomic mass is 16.5. The second-order valence-electron chi connectivity index (χ2n) is 8.80. The number of carbonyl (C=O) groups is 2. The van der Waals surface area contributed by atoms with Gasteiger partial charge >= 0.3 is 0 Å². The molecule has 0 N–H and O–H groups in total. The van der Waals surface area contributed by atoms with Crippen LogP contribution in [0, 0.1) is 0 Å². The lowest BCUT2D eigenvalue weighted by atomic mass is 9.77. The van der Waals surface area contributed by atoms with Crippen LogP contribution in [0.2, 0.25) is 0 Å². The number of amides is 2. The summed E-state index contributed by atoms with van der Waals surface area (Å²) in [5, 5.41) is 0. The van der Waals surface area contributed by atoms with Crippen LogP contribution in [-0.4, -0.2) is 47.9 Å². The molecule has 1 saturated carbocycles. The van der Waals surface area contributed by atoms with Gasteiger partial charge < -0.3 is 14.5 Å². The molecule has 1 heterocycles. The van der Waals surface area contributed by atoms with Crippen molar-refractivity contribution in [3.05, 3.63) is 65.2 Å². The lowest BCUT2D eigenvalue weighted by molar-refractivity contribution is -0.134. The van der Waals surface area contributed by atoms with Crippen LogP contribution in [0.3, 0.4) is 0 Å². The van der Waals surface area contributed by atoms with Gasteiger partial charge in [-0.25, -0.2) is 0 Å². The van der Waals surface area contributed by atoms with Gasteiger partial charge in [-0.05, 0) is 56.0 Å². The number of likely N-dealkylation sites (N-methyl/N-ethyl adjacent to an activating group) is 1. The molecule has 4 rings (SSSR count). The summed E-state index contributed by atoms with van der Waals surface area (Å²) in [5.41, 5.74) is 2.51. The highest BCUT2D eigenvalue weighted by molar-refractivity contribution is 6.01. The summed E-state index contributed by atoms with van der Waals surface area (Å²) in [6.07, 6.45) is 5.45. The average molecular weight is 435 g/mol. The summed E-state index contributed by atoms with van der Waals surface area (Å²) < 4.78 is 5.37. The lowest BCUT2D eigenvalue weighted by Crippen LogP contribution is -2.52. The first kappa shape index (κ1) is 22.4. The van der Waals surface area contributed by atoms with Gasteiger partial charge in [0.05, 0.1) is 19.1 Å². The highest BCUT2D eigenvalue weighted by Gasteiger charge is 2.47. The summed E-state index contributed by atoms with van der Waals surface area (Å²) in [5.74, 6) is 0.500. The molecule has 1 aliphatic heterocycles. The van der Waals surface area contributed by atoms with E-state index in [9.17, 15) is 9.59 Å². The summed E-state index contributed by atoms with van der Waals surface area (Å²) in [6, 6.07) is 15.4. The molecule has 2 aromatic rings. The Hall–Kier alpha value is -2.82. The molecule has 170 valence electrons. The fourth-order valence-electron chi connectivity index (χ4n) is 5.47. The molecule has 0 radical (unpaired) electrons. The average Bonchev–Trinajstić information content (AvgIpc) is 2.85. The van der Waals surface area contributed by atoms with Crippen molar-refractivity contribution in [2.45, 2.75) is 64.0 Å². The molecule has 5 heteroatoms. The van der Waals surface area contributed by atoms with E-state index in [1.807, 2.05) is 67.3 Å². The van der Waals surface area contributed by atoms with Crippen molar-refractivity contribution < 1.29 is 14.3 Å². The maximum atomic E-state index is 13.9. The molecule has 0 spiro atoms. The Morgan fingerprint density at radius 1 is 1.00 bits per heavy atom. The molecule has 2 aromatic carbocycles. The van der Waals surface area contributed by atoms with E-state index in [2.05, 4.69) is 4.90 Å². The fraction of sp³-hybridized carbons (Fsp3) is 0.481. The Balaban J connectivity index is 1.89. The number of hydrogen-bond donors (Lipinski definition) is 0. The van der Waals surface area contributed by atoms with Gasteiger partial charge in [0, 0.05) is 24.7 Å². The zero-order valence-electron chi connectivity index (χ0n) is 19.4. The first-order valence-electron chi connectivity index (χ1n) is 11.9. The van der Waals surface area contributed by atoms with Crippen LogP contribution in [0.15, 0.2) is 48.5 Å². The highest BCUT2D eigenvalue weighted by Crippen LogP contribution is 2.46. The summed E-state index contributed by atoms with van der Waals surface area (Å²) in [6.45, 7) is 5.34. The number of methoxy groups -OCH3 is 1. The number of rotatable bonds is 6. The van der Waals surface area contributed by atoms with Gasteiger partial charge in [-0.3, -0.25) is 9.59 Å². The monoisotopic (exact) mass is 434 g/mol. The Morgan fingerprint density at radius 2 is 1.66 bits per heavy atom. The molecule has 32 heavy (non-hydrogen) atoms. The minimum Gasteiger partial charge on any atom is -0.497 e. The first-order valence-corrected chi connectivity index (χ1v) is 11.9. The van der Waals surface area contributed by atoms with Gasteiger partial charge in [0.15, 0.2) is 0 Å². The topological polar surface area (TPSA) is 49.9 Å². The quantitative estimate of drug-likeness (QED) is 0.630. The van der Waals surface area contributed by atoms with E-state index in [0.717, 1.165) is 42.6 Å². The SMILES string of the molecule is CCN(CC)C(=O)[C@H]1c2ccccc2C(=O)N(C2CCCCC2)[C@H]1c1ccc(OC)cc1. The summed E-state index contributed by atoms with van der Waals surface area (Å²) in [7, 11) is 1.65. The third-order valence-electron chi connectivity index (χ3n) is 7.14. The molecule has 2 atom stereocenters. The standard InChI is InChI=1S/C27H34N2O3/c1-4-28(5-2)27(31)24-22-13-9-10-14-23(22)26(30)29(20-11-7-6-8-12-20)25(24)19-15-17-21(32-3)18-16-19/h9-10,13-18,20,24-25H,4-8,11-12H2,1-3H3/t24-,25-/m0/s1. The van der Waals surface area contributed by atoms with Crippen molar-refractivity contribution in [3.63, 3.8) is 0 Å². The number of ether oxygens (including phenoxy) is 1. The molecule has 1 fully saturated rings. The zero-order valence-corrected chi connectivity index (χ0v) is 19.4. The Kier molecular flexibility index (Phi) is 6.83. The lowest BCUT2D eigenvalue weighted by Gasteiger charge is -2.47. The predicted molar refractivity (Wildman–Crippen MR) is 126 cm³/mol. The van der Waals surface area contributed by atoms with Crippen LogP contribution in [-0.2, 0) is 4.79 Å². The number of nitrogens with zero attached hydrogens (tertiary/aromatic N) is 2. The van der Waals surface area contributed by atoms with Crippen LogP contribution >= 0.6 is 0 Å². The Bertz CT molecular complexity index is 946. The normalized spacial score (nSPS) is 21.2. The number of carbonyl (C=O) groups excluding carboxylic acids is 2. The molecule has 0 unspecified atom stereocenters. The van der Waals surface area contributed by atoms with Crippen molar-refractivity contribution in [1.82, 2.24) is 9.80 Å². The van der Waals surface area contributed by atoms with Crippen molar-refractivity contribution >= 4 is 11.8 Å². The summed E-state index contributed by atoms with van der Waals surface area (Å²) in [4.78, 5) is 31.8. The van der Waals surface area contributed by atoms with Gasteiger partial charge in [-0.1, -0.05) is 49.6 Å². The molecular weight excluding hydrogens is 400 g/mol. The second kappa shape index (κ2) is 9.76. The molecule has 2 amide bonds. The smallest absolute Gasteiger partial charge is 0.254 e. The van der Waals surface area contributed by atoms with Crippen LogP contribution in [0.25, 0.3) is 0 Å². The third-order valence-corrected chi connectivity index (χ3v) is 7.14. The van der Waals surface area contributed by atoms with Gasteiger partial charge in [-0.15, -0.1) is 0 Å². The molecule has 0 bridgehead atoms. The van der Waals surface area contributed by atoms with Crippen molar-refractivity contribution in [3.8, 4) is 5.75 Å². The predicted octanol–water partition coefficient (Wildman–Crippen LogP) is 5.18. The Morgan fingerprint density at radius 3 is 2.28 bits per heavy atom. The molecular formula is C27H34N2O3. The van der Waals surface area contributed by atoms with Crippen LogP contribution in [0.5, 0.6) is 5.75 Å². The number of fused-ring (bicyclic) bond motifs is 1. The van der Waals surface area contributed by atoms with E-state index in [-0.39, 0.29) is 23.9 Å². The van der Waals surface area contributed by atoms with Crippen LogP contribution < -0.4 is 4.74 Å².